The van der Waals surface area contributed by atoms with E-state index in [1.807, 2.05) is 0 Å². The quantitative estimate of drug-likeness (QED) is 0.522. The second-order valence-corrected chi connectivity index (χ2v) is 2.34. The van der Waals surface area contributed by atoms with Gasteiger partial charge >= 0.3 is 0 Å². The van der Waals surface area contributed by atoms with E-state index < -0.39 is 6.23 Å². The molecule has 0 saturated carbocycles. The zero-order valence-electron chi connectivity index (χ0n) is 6.01. The van der Waals surface area contributed by atoms with E-state index in [1.54, 1.807) is 13.8 Å². The predicted octanol–water partition coefficient (Wildman–Crippen LogP) is 0.0969. The Hall–Kier alpha value is -0.570. The lowest BCUT2D eigenvalue weighted by molar-refractivity contribution is -0.126. The molecule has 0 aliphatic heterocycles. The van der Waals surface area contributed by atoms with Gasteiger partial charge in [-0.3, -0.25) is 4.79 Å². The van der Waals surface area contributed by atoms with Crippen molar-refractivity contribution in [2.45, 2.75) is 27.0 Å². The smallest absolute Gasteiger partial charge is 0.224 e. The standard InChI is InChI=1S/C6H13NO2/c1-4(2)6(9)7-5(3)8/h4-5,8H,1-3H3,(H,7,9). The van der Waals surface area contributed by atoms with Gasteiger partial charge in [-0.2, -0.15) is 0 Å². The van der Waals surface area contributed by atoms with Crippen LogP contribution >= 0.6 is 0 Å². The van der Waals surface area contributed by atoms with E-state index in [0.717, 1.165) is 0 Å². The van der Waals surface area contributed by atoms with Gasteiger partial charge in [-0.1, -0.05) is 13.8 Å². The van der Waals surface area contributed by atoms with Crippen molar-refractivity contribution in [3.63, 3.8) is 0 Å². The van der Waals surface area contributed by atoms with Crippen LogP contribution in [0.3, 0.4) is 0 Å². The molecule has 1 amide bonds. The molecule has 0 heterocycles. The molecule has 0 aliphatic rings. The summed E-state index contributed by atoms with van der Waals surface area (Å²) in [5.41, 5.74) is 0. The Kier molecular flexibility index (Phi) is 3.24. The van der Waals surface area contributed by atoms with Gasteiger partial charge in [0, 0.05) is 5.92 Å². The van der Waals surface area contributed by atoms with Crippen LogP contribution in [0.2, 0.25) is 0 Å². The number of aliphatic hydroxyl groups excluding tert-OH is 1. The summed E-state index contributed by atoms with van der Waals surface area (Å²) >= 11 is 0. The second kappa shape index (κ2) is 3.45. The van der Waals surface area contributed by atoms with E-state index >= 15 is 0 Å². The second-order valence-electron chi connectivity index (χ2n) is 2.34. The van der Waals surface area contributed by atoms with Crippen LogP contribution in [0.25, 0.3) is 0 Å². The number of aliphatic hydroxyl groups is 1. The van der Waals surface area contributed by atoms with E-state index in [9.17, 15) is 4.79 Å². The van der Waals surface area contributed by atoms with Crippen LogP contribution in [0.15, 0.2) is 0 Å². The van der Waals surface area contributed by atoms with Gasteiger partial charge in [-0.25, -0.2) is 0 Å². The Bertz CT molecular complexity index is 99.2. The molecule has 0 radical (unpaired) electrons. The molecule has 0 spiro atoms. The minimum Gasteiger partial charge on any atom is -0.374 e. The number of rotatable bonds is 2. The van der Waals surface area contributed by atoms with Crippen molar-refractivity contribution < 1.29 is 9.90 Å². The number of hydrogen-bond acceptors (Lipinski definition) is 2. The van der Waals surface area contributed by atoms with Crippen LogP contribution in [-0.4, -0.2) is 17.2 Å². The van der Waals surface area contributed by atoms with Crippen LogP contribution in [0.4, 0.5) is 0 Å². The number of amides is 1. The zero-order chi connectivity index (χ0) is 7.44. The molecule has 0 saturated heterocycles. The Morgan fingerprint density at radius 3 is 2.00 bits per heavy atom. The molecule has 3 nitrogen and oxygen atoms in total. The Morgan fingerprint density at radius 1 is 1.44 bits per heavy atom. The van der Waals surface area contributed by atoms with Crippen molar-refractivity contribution in [2.75, 3.05) is 0 Å². The minimum absolute atomic E-state index is 0.0559. The van der Waals surface area contributed by atoms with Crippen molar-refractivity contribution >= 4 is 5.91 Å². The lowest BCUT2D eigenvalue weighted by Gasteiger charge is -2.08. The summed E-state index contributed by atoms with van der Waals surface area (Å²) < 4.78 is 0. The fourth-order valence-electron chi connectivity index (χ4n) is 0.373. The highest BCUT2D eigenvalue weighted by Crippen LogP contribution is 1.90. The first-order chi connectivity index (χ1) is 4.04. The molecule has 9 heavy (non-hydrogen) atoms. The van der Waals surface area contributed by atoms with Crippen molar-refractivity contribution in [1.82, 2.24) is 5.32 Å². The van der Waals surface area contributed by atoms with Crippen LogP contribution in [-0.2, 0) is 4.79 Å². The topological polar surface area (TPSA) is 49.3 Å². The molecule has 3 heteroatoms. The van der Waals surface area contributed by atoms with Crippen LogP contribution in [0.5, 0.6) is 0 Å². The molecule has 0 aliphatic carbocycles. The predicted molar refractivity (Wildman–Crippen MR) is 34.7 cm³/mol. The summed E-state index contributed by atoms with van der Waals surface area (Å²) in [6.07, 6.45) is -0.736. The van der Waals surface area contributed by atoms with Crippen LogP contribution < -0.4 is 5.32 Å². The van der Waals surface area contributed by atoms with Gasteiger partial charge in [0.1, 0.15) is 6.23 Å². The number of hydrogen-bond donors (Lipinski definition) is 2. The monoisotopic (exact) mass is 131 g/mol. The number of nitrogens with one attached hydrogen (secondary N) is 1. The number of carbonyl (C=O) groups is 1. The fourth-order valence-corrected chi connectivity index (χ4v) is 0.373. The van der Waals surface area contributed by atoms with Crippen molar-refractivity contribution in [2.24, 2.45) is 5.92 Å². The Labute approximate surface area is 55.1 Å². The summed E-state index contributed by atoms with van der Waals surface area (Å²) in [5.74, 6) is -0.176. The lowest BCUT2D eigenvalue weighted by atomic mass is 10.2. The highest BCUT2D eigenvalue weighted by atomic mass is 16.3. The third-order valence-electron chi connectivity index (χ3n) is 0.876. The maximum atomic E-state index is 10.7. The molecule has 1 unspecified atom stereocenters. The van der Waals surface area contributed by atoms with E-state index in [-0.39, 0.29) is 11.8 Å². The summed E-state index contributed by atoms with van der Waals surface area (Å²) in [7, 11) is 0. The average Bonchev–Trinajstić information content (AvgIpc) is 1.63. The summed E-state index contributed by atoms with van der Waals surface area (Å²) in [4.78, 5) is 10.7. The molecule has 0 aromatic carbocycles. The number of carbonyl (C=O) groups excluding carboxylic acids is 1. The maximum absolute atomic E-state index is 10.7. The van der Waals surface area contributed by atoms with Gasteiger partial charge in [-0.05, 0) is 6.92 Å². The summed E-state index contributed by atoms with van der Waals surface area (Å²) in [6.45, 7) is 5.07. The maximum Gasteiger partial charge on any atom is 0.224 e. The zero-order valence-corrected chi connectivity index (χ0v) is 6.01. The van der Waals surface area contributed by atoms with E-state index in [0.29, 0.717) is 0 Å². The van der Waals surface area contributed by atoms with E-state index in [4.69, 9.17) is 5.11 Å². The Balaban J connectivity index is 3.51. The molecular weight excluding hydrogens is 118 g/mol. The van der Waals surface area contributed by atoms with E-state index in [1.165, 1.54) is 6.92 Å². The Morgan fingerprint density at radius 2 is 1.89 bits per heavy atom. The first kappa shape index (κ1) is 8.43. The molecule has 0 aromatic heterocycles. The van der Waals surface area contributed by atoms with Gasteiger partial charge in [0.15, 0.2) is 0 Å². The van der Waals surface area contributed by atoms with Crippen LogP contribution in [0.1, 0.15) is 20.8 Å². The van der Waals surface area contributed by atoms with Crippen LogP contribution in [0, 0.1) is 5.92 Å². The highest BCUT2D eigenvalue weighted by molar-refractivity contribution is 5.77. The molecule has 0 fully saturated rings. The van der Waals surface area contributed by atoms with Gasteiger partial charge in [0.25, 0.3) is 0 Å². The molecule has 0 rings (SSSR count). The largest absolute Gasteiger partial charge is 0.374 e. The van der Waals surface area contributed by atoms with Crippen molar-refractivity contribution in [3.8, 4) is 0 Å². The SMILES string of the molecule is CC(O)NC(=O)C(C)C. The molecular formula is C6H13NO2. The first-order valence-electron chi connectivity index (χ1n) is 3.02. The molecule has 54 valence electrons. The van der Waals surface area contributed by atoms with E-state index in [2.05, 4.69) is 5.32 Å². The summed E-state index contributed by atoms with van der Waals surface area (Å²) in [5, 5.41) is 11.0. The van der Waals surface area contributed by atoms with Gasteiger partial charge in [0.2, 0.25) is 5.91 Å². The fraction of sp³-hybridized carbons (Fsp3) is 0.833. The molecule has 1 atom stereocenters. The van der Waals surface area contributed by atoms with Gasteiger partial charge in [0.05, 0.1) is 0 Å². The highest BCUT2D eigenvalue weighted by Gasteiger charge is 2.06. The normalized spacial score (nSPS) is 13.4. The van der Waals surface area contributed by atoms with Crippen molar-refractivity contribution in [3.05, 3.63) is 0 Å². The molecule has 0 bridgehead atoms. The van der Waals surface area contributed by atoms with Gasteiger partial charge in [-0.15, -0.1) is 0 Å². The average molecular weight is 131 g/mol. The third-order valence-corrected chi connectivity index (χ3v) is 0.876. The minimum atomic E-state index is -0.736. The lowest BCUT2D eigenvalue weighted by Crippen LogP contribution is -2.35. The first-order valence-corrected chi connectivity index (χ1v) is 3.02. The molecule has 0 aromatic rings. The molecule has 2 N–H and O–H groups in total. The third kappa shape index (κ3) is 3.97. The summed E-state index contributed by atoms with van der Waals surface area (Å²) in [6, 6.07) is 0. The van der Waals surface area contributed by atoms with Crippen molar-refractivity contribution in [1.29, 1.82) is 0 Å². The van der Waals surface area contributed by atoms with Gasteiger partial charge < -0.3 is 10.4 Å².